The van der Waals surface area contributed by atoms with Crippen molar-refractivity contribution in [2.24, 2.45) is 0 Å². The molecule has 2 aromatic rings. The number of aryl methyl sites for hydroxylation is 1. The zero-order valence-electron chi connectivity index (χ0n) is 10.5. The molecule has 94 valence electrons. The van der Waals surface area contributed by atoms with Crippen LogP contribution in [0.5, 0.6) is 0 Å². The van der Waals surface area contributed by atoms with Crippen LogP contribution in [0.2, 0.25) is 0 Å². The maximum Gasteiger partial charge on any atom is 0.147 e. The van der Waals surface area contributed by atoms with Crippen molar-refractivity contribution in [1.82, 2.24) is 0 Å². The van der Waals surface area contributed by atoms with Crippen molar-refractivity contribution in [2.45, 2.75) is 12.8 Å². The summed E-state index contributed by atoms with van der Waals surface area (Å²) in [6.45, 7) is 2.02. The molecule has 0 bridgehead atoms. The van der Waals surface area contributed by atoms with Gasteiger partial charge < -0.3 is 4.90 Å². The first-order chi connectivity index (χ1) is 8.63. The smallest absolute Gasteiger partial charge is 0.147 e. The highest BCUT2D eigenvalue weighted by molar-refractivity contribution is 6.17. The maximum absolute atomic E-state index is 14.0. The molecule has 0 radical (unpaired) electrons. The summed E-state index contributed by atoms with van der Waals surface area (Å²) in [5, 5.41) is 0. The Balaban J connectivity index is 2.45. The third-order valence-corrected chi connectivity index (χ3v) is 3.26. The highest BCUT2D eigenvalue weighted by Crippen LogP contribution is 2.30. The fourth-order valence-corrected chi connectivity index (χ4v) is 2.16. The highest BCUT2D eigenvalue weighted by Gasteiger charge is 2.13. The van der Waals surface area contributed by atoms with Gasteiger partial charge in [0.1, 0.15) is 5.82 Å². The summed E-state index contributed by atoms with van der Waals surface area (Å²) < 4.78 is 14.0. The second-order valence-electron chi connectivity index (χ2n) is 4.28. The van der Waals surface area contributed by atoms with Crippen LogP contribution in [-0.2, 0) is 5.88 Å². The van der Waals surface area contributed by atoms with Crippen LogP contribution in [0.25, 0.3) is 0 Å². The largest absolute Gasteiger partial charge is 0.342 e. The van der Waals surface area contributed by atoms with Crippen LogP contribution in [0.4, 0.5) is 15.8 Å². The molecule has 2 aromatic carbocycles. The lowest BCUT2D eigenvalue weighted by atomic mass is 10.1. The summed E-state index contributed by atoms with van der Waals surface area (Å²) >= 11 is 5.87. The average molecular weight is 264 g/mol. The zero-order valence-corrected chi connectivity index (χ0v) is 11.2. The van der Waals surface area contributed by atoms with E-state index in [0.717, 1.165) is 11.3 Å². The Morgan fingerprint density at radius 2 is 1.78 bits per heavy atom. The molecule has 0 spiro atoms. The molecule has 0 aliphatic heterocycles. The second kappa shape index (κ2) is 5.40. The van der Waals surface area contributed by atoms with E-state index in [-0.39, 0.29) is 5.82 Å². The lowest BCUT2D eigenvalue weighted by Crippen LogP contribution is -2.13. The molecular weight excluding hydrogens is 249 g/mol. The van der Waals surface area contributed by atoms with Crippen LogP contribution in [-0.4, -0.2) is 7.05 Å². The molecular formula is C15H15ClFN. The summed E-state index contributed by atoms with van der Waals surface area (Å²) in [5.41, 5.74) is 3.45. The molecule has 2 rings (SSSR count). The van der Waals surface area contributed by atoms with E-state index >= 15 is 0 Å². The van der Waals surface area contributed by atoms with Gasteiger partial charge in [-0.15, -0.1) is 11.6 Å². The number of para-hydroxylation sites is 1. The third kappa shape index (κ3) is 2.49. The molecule has 0 N–H and O–H groups in total. The molecule has 0 unspecified atom stereocenters. The van der Waals surface area contributed by atoms with E-state index in [1.807, 2.05) is 49.2 Å². The van der Waals surface area contributed by atoms with Gasteiger partial charge in [-0.05, 0) is 30.7 Å². The van der Waals surface area contributed by atoms with Gasteiger partial charge in [0.05, 0.1) is 5.69 Å². The van der Waals surface area contributed by atoms with Gasteiger partial charge >= 0.3 is 0 Å². The second-order valence-corrected chi connectivity index (χ2v) is 4.54. The Hall–Kier alpha value is -1.54. The first-order valence-corrected chi connectivity index (χ1v) is 6.30. The van der Waals surface area contributed by atoms with Crippen LogP contribution in [0, 0.1) is 12.7 Å². The van der Waals surface area contributed by atoms with Gasteiger partial charge in [0, 0.05) is 18.6 Å². The Morgan fingerprint density at radius 1 is 1.11 bits per heavy atom. The van der Waals surface area contributed by atoms with E-state index in [4.69, 9.17) is 11.6 Å². The molecule has 0 aliphatic carbocycles. The van der Waals surface area contributed by atoms with Gasteiger partial charge in [0.15, 0.2) is 0 Å². The number of benzene rings is 2. The minimum atomic E-state index is -0.253. The lowest BCUT2D eigenvalue weighted by molar-refractivity contribution is 0.626. The summed E-state index contributed by atoms with van der Waals surface area (Å²) in [7, 11) is 1.85. The molecule has 3 heteroatoms. The number of rotatable bonds is 3. The highest BCUT2D eigenvalue weighted by atomic mass is 35.5. The fraction of sp³-hybridized carbons (Fsp3) is 0.200. The third-order valence-electron chi connectivity index (χ3n) is 2.97. The summed E-state index contributed by atoms with van der Waals surface area (Å²) in [6, 6.07) is 12.9. The van der Waals surface area contributed by atoms with Crippen LogP contribution in [0.1, 0.15) is 11.1 Å². The van der Waals surface area contributed by atoms with Crippen LogP contribution in [0.3, 0.4) is 0 Å². The number of hydrogen-bond donors (Lipinski definition) is 0. The first kappa shape index (κ1) is 12.9. The number of nitrogens with zero attached hydrogens (tertiary/aromatic N) is 1. The monoisotopic (exact) mass is 263 g/mol. The summed E-state index contributed by atoms with van der Waals surface area (Å²) in [6.07, 6.45) is 0. The van der Waals surface area contributed by atoms with E-state index in [1.165, 1.54) is 11.6 Å². The van der Waals surface area contributed by atoms with E-state index in [0.29, 0.717) is 11.6 Å². The first-order valence-electron chi connectivity index (χ1n) is 5.77. The Bertz CT molecular complexity index is 537. The van der Waals surface area contributed by atoms with Gasteiger partial charge in [-0.1, -0.05) is 29.8 Å². The Labute approximate surface area is 112 Å². The molecule has 0 amide bonds. The van der Waals surface area contributed by atoms with Crippen LogP contribution < -0.4 is 4.90 Å². The molecule has 0 saturated carbocycles. The van der Waals surface area contributed by atoms with Crippen molar-refractivity contribution in [3.05, 3.63) is 59.4 Å². The number of hydrogen-bond acceptors (Lipinski definition) is 1. The average Bonchev–Trinajstić information content (AvgIpc) is 2.38. The Morgan fingerprint density at radius 3 is 2.39 bits per heavy atom. The molecule has 0 heterocycles. The van der Waals surface area contributed by atoms with Crippen molar-refractivity contribution in [3.63, 3.8) is 0 Å². The summed E-state index contributed by atoms with van der Waals surface area (Å²) in [4.78, 5) is 1.83. The summed E-state index contributed by atoms with van der Waals surface area (Å²) in [5.74, 6) is 0.0414. The molecule has 0 aromatic heterocycles. The topological polar surface area (TPSA) is 3.24 Å². The number of anilines is 2. The van der Waals surface area contributed by atoms with Gasteiger partial charge in [0.2, 0.25) is 0 Å². The quantitative estimate of drug-likeness (QED) is 0.729. The molecule has 0 aliphatic rings. The zero-order chi connectivity index (χ0) is 13.1. The SMILES string of the molecule is Cc1ccc(N(C)c2c(F)cccc2CCl)cc1. The fourth-order valence-electron chi connectivity index (χ4n) is 1.94. The van der Waals surface area contributed by atoms with Crippen LogP contribution >= 0.6 is 11.6 Å². The normalized spacial score (nSPS) is 10.4. The van der Waals surface area contributed by atoms with E-state index in [1.54, 1.807) is 6.07 Å². The lowest BCUT2D eigenvalue weighted by Gasteiger charge is -2.22. The standard InChI is InChI=1S/C15H15ClFN/c1-11-6-8-13(9-7-11)18(2)15-12(10-16)4-3-5-14(15)17/h3-9H,10H2,1-2H3. The maximum atomic E-state index is 14.0. The molecule has 18 heavy (non-hydrogen) atoms. The van der Waals surface area contributed by atoms with Gasteiger partial charge in [-0.3, -0.25) is 0 Å². The van der Waals surface area contributed by atoms with Gasteiger partial charge in [-0.2, -0.15) is 0 Å². The number of alkyl halides is 1. The van der Waals surface area contributed by atoms with Crippen molar-refractivity contribution in [1.29, 1.82) is 0 Å². The van der Waals surface area contributed by atoms with Crippen molar-refractivity contribution in [3.8, 4) is 0 Å². The number of halogens is 2. The molecule has 0 fully saturated rings. The van der Waals surface area contributed by atoms with Crippen molar-refractivity contribution in [2.75, 3.05) is 11.9 Å². The minimum Gasteiger partial charge on any atom is -0.342 e. The van der Waals surface area contributed by atoms with E-state index in [2.05, 4.69) is 0 Å². The predicted octanol–water partition coefficient (Wildman–Crippen LogP) is 4.64. The van der Waals surface area contributed by atoms with E-state index in [9.17, 15) is 4.39 Å². The predicted molar refractivity (Wildman–Crippen MR) is 75.2 cm³/mol. The van der Waals surface area contributed by atoms with Crippen molar-refractivity contribution < 1.29 is 4.39 Å². The molecule has 0 atom stereocenters. The van der Waals surface area contributed by atoms with E-state index < -0.39 is 0 Å². The van der Waals surface area contributed by atoms with Gasteiger partial charge in [-0.25, -0.2) is 4.39 Å². The Kier molecular flexibility index (Phi) is 3.87. The molecule has 1 nitrogen and oxygen atoms in total. The minimum absolute atomic E-state index is 0.253. The van der Waals surface area contributed by atoms with Crippen LogP contribution in [0.15, 0.2) is 42.5 Å². The van der Waals surface area contributed by atoms with Gasteiger partial charge in [0.25, 0.3) is 0 Å². The van der Waals surface area contributed by atoms with Crippen molar-refractivity contribution >= 4 is 23.0 Å². The molecule has 0 saturated heterocycles.